The smallest absolute Gasteiger partial charge is 0.116 e. The SMILES string of the molecule is CCN(CC)C[P+](C)(C)c1ccccc1. The summed E-state index contributed by atoms with van der Waals surface area (Å²) < 4.78 is 0. The Hall–Kier alpha value is -0.390. The minimum atomic E-state index is -0.958. The van der Waals surface area contributed by atoms with Crippen molar-refractivity contribution in [1.82, 2.24) is 4.90 Å². The maximum absolute atomic E-state index is 2.53. The third-order valence-corrected chi connectivity index (χ3v) is 5.71. The zero-order valence-corrected chi connectivity index (χ0v) is 11.3. The molecule has 0 aliphatic carbocycles. The van der Waals surface area contributed by atoms with Gasteiger partial charge in [-0.2, -0.15) is 0 Å². The highest BCUT2D eigenvalue weighted by molar-refractivity contribution is 7.81. The van der Waals surface area contributed by atoms with E-state index in [1.54, 1.807) is 0 Å². The van der Waals surface area contributed by atoms with Gasteiger partial charge in [-0.15, -0.1) is 0 Å². The molecule has 0 saturated carbocycles. The van der Waals surface area contributed by atoms with E-state index in [-0.39, 0.29) is 0 Å². The van der Waals surface area contributed by atoms with Gasteiger partial charge in [0, 0.05) is 0 Å². The topological polar surface area (TPSA) is 3.24 Å². The molecule has 0 atom stereocenters. The second-order valence-corrected chi connectivity index (χ2v) is 8.63. The Labute approximate surface area is 94.8 Å². The summed E-state index contributed by atoms with van der Waals surface area (Å²) in [7, 11) is -0.958. The predicted molar refractivity (Wildman–Crippen MR) is 72.6 cm³/mol. The van der Waals surface area contributed by atoms with Gasteiger partial charge in [0.2, 0.25) is 0 Å². The van der Waals surface area contributed by atoms with E-state index in [0.29, 0.717) is 0 Å². The molecule has 1 rings (SSSR count). The van der Waals surface area contributed by atoms with Gasteiger partial charge in [-0.05, 0) is 25.2 Å². The first-order valence-corrected chi connectivity index (χ1v) is 8.58. The van der Waals surface area contributed by atoms with Gasteiger partial charge in [-0.25, -0.2) is 0 Å². The highest BCUT2D eigenvalue weighted by atomic mass is 31.2. The molecule has 0 N–H and O–H groups in total. The van der Waals surface area contributed by atoms with Crippen molar-refractivity contribution in [3.63, 3.8) is 0 Å². The monoisotopic (exact) mass is 224 g/mol. The van der Waals surface area contributed by atoms with Gasteiger partial charge in [0.25, 0.3) is 0 Å². The Balaban J connectivity index is 2.74. The third-order valence-electron chi connectivity index (χ3n) is 2.90. The van der Waals surface area contributed by atoms with Crippen molar-refractivity contribution in [2.24, 2.45) is 0 Å². The van der Waals surface area contributed by atoms with Gasteiger partial charge in [0.15, 0.2) is 0 Å². The van der Waals surface area contributed by atoms with E-state index in [0.717, 1.165) is 13.1 Å². The van der Waals surface area contributed by atoms with Crippen LogP contribution in [0.15, 0.2) is 30.3 Å². The van der Waals surface area contributed by atoms with Crippen LogP contribution in [0.2, 0.25) is 0 Å². The fourth-order valence-electron chi connectivity index (χ4n) is 1.84. The quantitative estimate of drug-likeness (QED) is 0.695. The number of rotatable bonds is 5. The minimum Gasteiger partial charge on any atom is -0.272 e. The summed E-state index contributed by atoms with van der Waals surface area (Å²) in [5.74, 6) is 0. The van der Waals surface area contributed by atoms with Crippen LogP contribution in [0.1, 0.15) is 13.8 Å². The standard InChI is InChI=1S/C13H23NP/c1-5-14(6-2)12-15(3,4)13-10-8-7-9-11-13/h7-11H,5-6,12H2,1-4H3/q+1. The zero-order chi connectivity index (χ0) is 11.3. The van der Waals surface area contributed by atoms with Gasteiger partial charge < -0.3 is 0 Å². The average molecular weight is 224 g/mol. The van der Waals surface area contributed by atoms with Crippen LogP contribution in [0.5, 0.6) is 0 Å². The maximum Gasteiger partial charge on any atom is 0.116 e. The molecule has 0 amide bonds. The summed E-state index contributed by atoms with van der Waals surface area (Å²) in [4.78, 5) is 2.53. The predicted octanol–water partition coefficient (Wildman–Crippen LogP) is 2.89. The van der Waals surface area contributed by atoms with Gasteiger partial charge in [0.1, 0.15) is 6.29 Å². The van der Waals surface area contributed by atoms with Crippen molar-refractivity contribution in [2.45, 2.75) is 13.8 Å². The number of hydrogen-bond acceptors (Lipinski definition) is 1. The van der Waals surface area contributed by atoms with Crippen LogP contribution >= 0.6 is 7.26 Å². The maximum atomic E-state index is 2.53. The fraction of sp³-hybridized carbons (Fsp3) is 0.538. The average Bonchev–Trinajstić information content (AvgIpc) is 2.27. The fourth-order valence-corrected chi connectivity index (χ4v) is 4.38. The summed E-state index contributed by atoms with van der Waals surface area (Å²) in [6, 6.07) is 11.0. The van der Waals surface area contributed by atoms with E-state index in [4.69, 9.17) is 0 Å². The van der Waals surface area contributed by atoms with Crippen molar-refractivity contribution in [3.8, 4) is 0 Å². The highest BCUT2D eigenvalue weighted by Crippen LogP contribution is 2.49. The Morgan fingerprint density at radius 1 is 1.00 bits per heavy atom. The molecule has 0 bridgehead atoms. The molecule has 1 nitrogen and oxygen atoms in total. The highest BCUT2D eigenvalue weighted by Gasteiger charge is 2.29. The third kappa shape index (κ3) is 3.59. The van der Waals surface area contributed by atoms with Crippen LogP contribution in [-0.2, 0) is 0 Å². The Kier molecular flexibility index (Phi) is 4.76. The van der Waals surface area contributed by atoms with Crippen LogP contribution < -0.4 is 5.30 Å². The summed E-state index contributed by atoms with van der Waals surface area (Å²) in [6.07, 6.45) is 1.24. The van der Waals surface area contributed by atoms with E-state index in [2.05, 4.69) is 62.4 Å². The number of hydrogen-bond donors (Lipinski definition) is 0. The summed E-state index contributed by atoms with van der Waals surface area (Å²) >= 11 is 0. The lowest BCUT2D eigenvalue weighted by molar-refractivity contribution is 0.354. The molecule has 0 aliphatic heterocycles. The van der Waals surface area contributed by atoms with E-state index < -0.39 is 7.26 Å². The lowest BCUT2D eigenvalue weighted by Gasteiger charge is -2.25. The Morgan fingerprint density at radius 2 is 1.53 bits per heavy atom. The lowest BCUT2D eigenvalue weighted by atomic mass is 10.4. The first-order valence-electron chi connectivity index (χ1n) is 5.71. The number of nitrogens with zero attached hydrogens (tertiary/aromatic N) is 1. The molecule has 84 valence electrons. The summed E-state index contributed by atoms with van der Waals surface area (Å²) in [6.45, 7) is 11.7. The van der Waals surface area contributed by atoms with Crippen molar-refractivity contribution in [2.75, 3.05) is 32.7 Å². The van der Waals surface area contributed by atoms with Gasteiger partial charge in [0.05, 0.1) is 25.9 Å². The second-order valence-electron chi connectivity index (χ2n) is 4.47. The molecule has 0 unspecified atom stereocenters. The normalized spacial score (nSPS) is 12.1. The van der Waals surface area contributed by atoms with E-state index in [9.17, 15) is 0 Å². The minimum absolute atomic E-state index is 0.958. The first kappa shape index (κ1) is 12.7. The molecule has 0 radical (unpaired) electrons. The van der Waals surface area contributed by atoms with Gasteiger partial charge in [-0.3, -0.25) is 4.90 Å². The molecule has 1 aromatic rings. The molecule has 0 fully saturated rings. The van der Waals surface area contributed by atoms with E-state index in [1.807, 2.05) is 0 Å². The molecule has 15 heavy (non-hydrogen) atoms. The number of benzene rings is 1. The molecular weight excluding hydrogens is 201 g/mol. The van der Waals surface area contributed by atoms with Crippen molar-refractivity contribution < 1.29 is 0 Å². The van der Waals surface area contributed by atoms with Crippen LogP contribution in [0, 0.1) is 0 Å². The lowest BCUT2D eigenvalue weighted by Crippen LogP contribution is -2.28. The molecular formula is C13H23NP+. The molecule has 0 aliphatic rings. The van der Waals surface area contributed by atoms with Crippen LogP contribution in [0.25, 0.3) is 0 Å². The van der Waals surface area contributed by atoms with Crippen LogP contribution in [0.3, 0.4) is 0 Å². The van der Waals surface area contributed by atoms with Crippen molar-refractivity contribution in [3.05, 3.63) is 30.3 Å². The van der Waals surface area contributed by atoms with E-state index >= 15 is 0 Å². The van der Waals surface area contributed by atoms with Crippen molar-refractivity contribution >= 4 is 12.6 Å². The molecule has 1 aromatic carbocycles. The van der Waals surface area contributed by atoms with Crippen LogP contribution in [-0.4, -0.2) is 37.6 Å². The molecule has 0 heterocycles. The van der Waals surface area contributed by atoms with Crippen LogP contribution in [0.4, 0.5) is 0 Å². The van der Waals surface area contributed by atoms with E-state index in [1.165, 1.54) is 11.6 Å². The Bertz CT molecular complexity index is 278. The van der Waals surface area contributed by atoms with Gasteiger partial charge in [-0.1, -0.05) is 32.0 Å². The second kappa shape index (κ2) is 5.63. The molecule has 0 saturated heterocycles. The first-order chi connectivity index (χ1) is 7.10. The molecule has 0 aromatic heterocycles. The zero-order valence-electron chi connectivity index (χ0n) is 10.4. The van der Waals surface area contributed by atoms with Gasteiger partial charge >= 0.3 is 0 Å². The summed E-state index contributed by atoms with van der Waals surface area (Å²) in [5, 5.41) is 1.54. The summed E-state index contributed by atoms with van der Waals surface area (Å²) in [5.41, 5.74) is 0. The Morgan fingerprint density at radius 3 is 2.00 bits per heavy atom. The van der Waals surface area contributed by atoms with Crippen molar-refractivity contribution in [1.29, 1.82) is 0 Å². The molecule has 0 spiro atoms. The largest absolute Gasteiger partial charge is 0.272 e. The molecule has 2 heteroatoms.